The van der Waals surface area contributed by atoms with Crippen molar-refractivity contribution in [2.45, 2.75) is 26.7 Å². The number of phenols is 1. The van der Waals surface area contributed by atoms with Crippen LogP contribution in [0.2, 0.25) is 0 Å². The molecule has 0 aromatic heterocycles. The first-order chi connectivity index (χ1) is 14.3. The van der Waals surface area contributed by atoms with Crippen LogP contribution >= 0.6 is 0 Å². The molecule has 6 nitrogen and oxygen atoms in total. The largest absolute Gasteiger partial charge is 0.504 e. The summed E-state index contributed by atoms with van der Waals surface area (Å²) in [4.78, 5) is 27.3. The summed E-state index contributed by atoms with van der Waals surface area (Å²) >= 11 is 0. The van der Waals surface area contributed by atoms with E-state index in [1.807, 2.05) is 24.3 Å². The highest BCUT2D eigenvalue weighted by Gasteiger charge is 2.37. The average Bonchev–Trinajstić information content (AvgIpc) is 2.98. The van der Waals surface area contributed by atoms with E-state index in [0.29, 0.717) is 22.9 Å². The Hall–Kier alpha value is -3.54. The normalized spacial score (nSPS) is 15.3. The van der Waals surface area contributed by atoms with E-state index in [2.05, 4.69) is 13.8 Å². The molecule has 6 heteroatoms. The topological polar surface area (TPSA) is 76.1 Å². The molecule has 0 radical (unpaired) electrons. The Labute approximate surface area is 176 Å². The van der Waals surface area contributed by atoms with Gasteiger partial charge in [-0.1, -0.05) is 32.0 Å². The van der Waals surface area contributed by atoms with Gasteiger partial charge in [-0.3, -0.25) is 9.69 Å². The van der Waals surface area contributed by atoms with Crippen LogP contribution in [0.5, 0.6) is 11.5 Å². The van der Waals surface area contributed by atoms with E-state index >= 15 is 0 Å². The number of phenolic OH excluding ortho intramolecular Hbond substituents is 1. The summed E-state index contributed by atoms with van der Waals surface area (Å²) in [5.74, 6) is -0.271. The van der Waals surface area contributed by atoms with Gasteiger partial charge in [0.2, 0.25) is 0 Å². The molecule has 0 unspecified atom stereocenters. The van der Waals surface area contributed by atoms with Crippen molar-refractivity contribution in [2.24, 2.45) is 0 Å². The summed E-state index contributed by atoms with van der Waals surface area (Å²) in [6, 6.07) is 12.4. The molecule has 1 heterocycles. The van der Waals surface area contributed by atoms with E-state index in [1.165, 1.54) is 25.2 Å². The molecule has 3 rings (SSSR count). The fourth-order valence-corrected chi connectivity index (χ4v) is 3.45. The number of esters is 1. The molecule has 2 aromatic rings. The molecular formula is C24H25NO5. The molecule has 30 heavy (non-hydrogen) atoms. The van der Waals surface area contributed by atoms with Gasteiger partial charge in [0, 0.05) is 11.4 Å². The smallest absolute Gasteiger partial charge is 0.340 e. The Kier molecular flexibility index (Phi) is 5.96. The summed E-state index contributed by atoms with van der Waals surface area (Å²) in [5, 5.41) is 9.82. The number of nitrogens with zero attached hydrogens (tertiary/aromatic N) is 1. The lowest BCUT2D eigenvalue weighted by Crippen LogP contribution is -2.24. The van der Waals surface area contributed by atoms with Crippen molar-refractivity contribution in [1.29, 1.82) is 0 Å². The van der Waals surface area contributed by atoms with Crippen LogP contribution in [0.1, 0.15) is 37.8 Å². The fraction of sp³-hybridized carbons (Fsp3) is 0.250. The second-order valence-corrected chi connectivity index (χ2v) is 7.33. The molecule has 0 bridgehead atoms. The minimum atomic E-state index is -0.584. The number of benzene rings is 2. The monoisotopic (exact) mass is 407 g/mol. The van der Waals surface area contributed by atoms with Crippen LogP contribution < -0.4 is 9.64 Å². The lowest BCUT2D eigenvalue weighted by molar-refractivity contribution is -0.136. The van der Waals surface area contributed by atoms with Crippen molar-refractivity contribution in [1.82, 2.24) is 0 Å². The quantitative estimate of drug-likeness (QED) is 0.587. The zero-order valence-corrected chi connectivity index (χ0v) is 17.7. The number of anilines is 1. The summed E-state index contributed by atoms with van der Waals surface area (Å²) in [6.45, 7) is 5.92. The van der Waals surface area contributed by atoms with Gasteiger partial charge in [-0.05, 0) is 54.3 Å². The van der Waals surface area contributed by atoms with Crippen LogP contribution in [0, 0.1) is 0 Å². The number of rotatable bonds is 5. The van der Waals surface area contributed by atoms with Gasteiger partial charge >= 0.3 is 5.97 Å². The summed E-state index contributed by atoms with van der Waals surface area (Å²) in [5.41, 5.74) is 3.38. The van der Waals surface area contributed by atoms with Crippen LogP contribution in [0.25, 0.3) is 6.08 Å². The van der Waals surface area contributed by atoms with Crippen molar-refractivity contribution < 1.29 is 24.2 Å². The third kappa shape index (κ3) is 3.81. The zero-order chi connectivity index (χ0) is 22.0. The molecule has 1 amide bonds. The highest BCUT2D eigenvalue weighted by molar-refractivity contribution is 6.23. The van der Waals surface area contributed by atoms with Crippen LogP contribution in [-0.2, 0) is 14.3 Å². The Morgan fingerprint density at radius 1 is 1.10 bits per heavy atom. The van der Waals surface area contributed by atoms with E-state index in [9.17, 15) is 14.7 Å². The Bertz CT molecular complexity index is 1050. The zero-order valence-electron chi connectivity index (χ0n) is 17.7. The number of ether oxygens (including phenoxy) is 2. The van der Waals surface area contributed by atoms with E-state index in [-0.39, 0.29) is 28.6 Å². The molecule has 2 aromatic carbocycles. The number of hydrogen-bond acceptors (Lipinski definition) is 5. The van der Waals surface area contributed by atoms with E-state index in [4.69, 9.17) is 9.47 Å². The number of carbonyl (C=O) groups excluding carboxylic acids is 2. The van der Waals surface area contributed by atoms with Crippen molar-refractivity contribution >= 4 is 23.6 Å². The maximum atomic E-state index is 13.3. The number of hydrogen-bond donors (Lipinski definition) is 1. The van der Waals surface area contributed by atoms with Crippen LogP contribution in [-0.4, -0.2) is 31.2 Å². The number of amides is 1. The third-order valence-corrected chi connectivity index (χ3v) is 5.12. The van der Waals surface area contributed by atoms with Gasteiger partial charge in [-0.15, -0.1) is 0 Å². The van der Waals surface area contributed by atoms with Crippen molar-refractivity contribution in [3.63, 3.8) is 0 Å². The molecule has 0 spiro atoms. The number of aromatic hydroxyl groups is 1. The molecule has 156 valence electrons. The van der Waals surface area contributed by atoms with E-state index < -0.39 is 5.97 Å². The number of methoxy groups -OCH3 is 2. The molecule has 1 aliphatic heterocycles. The van der Waals surface area contributed by atoms with Gasteiger partial charge in [0.1, 0.15) is 0 Å². The van der Waals surface area contributed by atoms with Crippen LogP contribution in [0.15, 0.2) is 59.3 Å². The predicted octanol–water partition coefficient (Wildman–Crippen LogP) is 4.40. The van der Waals surface area contributed by atoms with Gasteiger partial charge in [0.15, 0.2) is 11.5 Å². The van der Waals surface area contributed by atoms with Gasteiger partial charge in [-0.2, -0.15) is 0 Å². The molecule has 1 N–H and O–H groups in total. The summed E-state index contributed by atoms with van der Waals surface area (Å²) in [7, 11) is 2.73. The minimum absolute atomic E-state index is 0.0100. The summed E-state index contributed by atoms with van der Waals surface area (Å²) < 4.78 is 10.1. The van der Waals surface area contributed by atoms with Gasteiger partial charge in [0.05, 0.1) is 25.4 Å². The predicted molar refractivity (Wildman–Crippen MR) is 115 cm³/mol. The molecule has 1 aliphatic rings. The molecule has 0 fully saturated rings. The number of allylic oxidation sites excluding steroid dienone is 1. The van der Waals surface area contributed by atoms with E-state index in [1.54, 1.807) is 25.1 Å². The van der Waals surface area contributed by atoms with Gasteiger partial charge < -0.3 is 14.6 Å². The van der Waals surface area contributed by atoms with Crippen LogP contribution in [0.4, 0.5) is 5.69 Å². The second-order valence-electron chi connectivity index (χ2n) is 7.33. The van der Waals surface area contributed by atoms with Crippen molar-refractivity contribution in [3.05, 3.63) is 70.4 Å². The second kappa shape index (κ2) is 8.45. The molecule has 0 aliphatic carbocycles. The third-order valence-electron chi connectivity index (χ3n) is 5.12. The first-order valence-corrected chi connectivity index (χ1v) is 9.61. The van der Waals surface area contributed by atoms with Gasteiger partial charge in [-0.25, -0.2) is 4.79 Å². The molecule has 0 saturated heterocycles. The minimum Gasteiger partial charge on any atom is -0.504 e. The molecule has 0 atom stereocenters. The SMILES string of the molecule is COC(=O)C1=C(C)N(c2ccc(C(C)C)cc2)C(=O)C1=Cc1ccc(O)c(OC)c1. The van der Waals surface area contributed by atoms with Crippen LogP contribution in [0.3, 0.4) is 0 Å². The highest BCUT2D eigenvalue weighted by atomic mass is 16.5. The Balaban J connectivity index is 2.10. The maximum absolute atomic E-state index is 13.3. The van der Waals surface area contributed by atoms with E-state index in [0.717, 1.165) is 5.56 Å². The van der Waals surface area contributed by atoms with Crippen molar-refractivity contribution in [2.75, 3.05) is 19.1 Å². The number of carbonyl (C=O) groups is 2. The Morgan fingerprint density at radius 2 is 1.77 bits per heavy atom. The average molecular weight is 407 g/mol. The lowest BCUT2D eigenvalue weighted by atomic mass is 10.0. The standard InChI is InChI=1S/C24H25NO5/c1-14(2)17-7-9-18(10-8-17)25-15(3)22(24(28)30-5)19(23(25)27)12-16-6-11-20(26)21(13-16)29-4/h6-14,26H,1-5H3. The fourth-order valence-electron chi connectivity index (χ4n) is 3.45. The summed E-state index contributed by atoms with van der Waals surface area (Å²) in [6.07, 6.45) is 1.60. The Morgan fingerprint density at radius 3 is 2.33 bits per heavy atom. The van der Waals surface area contributed by atoms with Crippen molar-refractivity contribution in [3.8, 4) is 11.5 Å². The lowest BCUT2D eigenvalue weighted by Gasteiger charge is -2.19. The molecular weight excluding hydrogens is 382 g/mol. The highest BCUT2D eigenvalue weighted by Crippen LogP contribution is 2.36. The maximum Gasteiger partial charge on any atom is 0.340 e. The molecule has 0 saturated carbocycles. The van der Waals surface area contributed by atoms with Gasteiger partial charge in [0.25, 0.3) is 5.91 Å². The first-order valence-electron chi connectivity index (χ1n) is 9.61. The first kappa shape index (κ1) is 21.2.